The molecule has 2 aromatic rings. The molecule has 0 aliphatic heterocycles. The highest BCUT2D eigenvalue weighted by Crippen LogP contribution is 2.35. The van der Waals surface area contributed by atoms with Gasteiger partial charge in [-0.1, -0.05) is 54.3 Å². The Balaban J connectivity index is 1.63. The van der Waals surface area contributed by atoms with Crippen molar-refractivity contribution in [3.8, 4) is 0 Å². The van der Waals surface area contributed by atoms with E-state index in [9.17, 15) is 0 Å². The van der Waals surface area contributed by atoms with Crippen molar-refractivity contribution >= 4 is 22.7 Å². The molecule has 1 unspecified atom stereocenters. The van der Waals surface area contributed by atoms with Gasteiger partial charge in [0.1, 0.15) is 0 Å². The summed E-state index contributed by atoms with van der Waals surface area (Å²) in [6.07, 6.45) is 21.6. The highest BCUT2D eigenvalue weighted by Gasteiger charge is 2.31. The van der Waals surface area contributed by atoms with Crippen LogP contribution in [-0.4, -0.2) is 0 Å². The smallest absolute Gasteiger partial charge is 0.0901 e. The van der Waals surface area contributed by atoms with Crippen molar-refractivity contribution in [2.24, 2.45) is 0 Å². The van der Waals surface area contributed by atoms with Crippen LogP contribution in [0.25, 0.3) is 0 Å². The first-order valence-corrected chi connectivity index (χ1v) is 11.4. The van der Waals surface area contributed by atoms with Gasteiger partial charge >= 0.3 is 0 Å². The second-order valence-corrected chi connectivity index (χ2v) is 9.59. The van der Waals surface area contributed by atoms with E-state index in [2.05, 4.69) is 103 Å². The highest BCUT2D eigenvalue weighted by atomic mass is 32.2. The lowest BCUT2D eigenvalue weighted by Gasteiger charge is -2.12. The molecule has 0 bridgehead atoms. The van der Waals surface area contributed by atoms with Crippen LogP contribution in [0.4, 0.5) is 0 Å². The molecular formula is C25H23S2+. The van der Waals surface area contributed by atoms with Gasteiger partial charge in [0, 0.05) is 9.79 Å². The first kappa shape index (κ1) is 18.2. The van der Waals surface area contributed by atoms with Crippen LogP contribution in [0.15, 0.2) is 128 Å². The highest BCUT2D eigenvalue weighted by molar-refractivity contribution is 8.04. The molecule has 4 rings (SSSR count). The van der Waals surface area contributed by atoms with Gasteiger partial charge in [-0.25, -0.2) is 0 Å². The monoisotopic (exact) mass is 387 g/mol. The van der Waals surface area contributed by atoms with Crippen molar-refractivity contribution in [3.05, 3.63) is 113 Å². The fourth-order valence-corrected chi connectivity index (χ4v) is 6.14. The van der Waals surface area contributed by atoms with E-state index in [4.69, 9.17) is 0 Å². The van der Waals surface area contributed by atoms with Crippen LogP contribution < -0.4 is 0 Å². The lowest BCUT2D eigenvalue weighted by Crippen LogP contribution is -2.08. The number of hydrogen-bond acceptors (Lipinski definition) is 1. The van der Waals surface area contributed by atoms with Crippen molar-refractivity contribution < 1.29 is 0 Å². The predicted molar refractivity (Wildman–Crippen MR) is 120 cm³/mol. The van der Waals surface area contributed by atoms with Crippen molar-refractivity contribution in [3.63, 3.8) is 0 Å². The summed E-state index contributed by atoms with van der Waals surface area (Å²) in [5, 5.41) is 0. The number of rotatable bonds is 5. The zero-order valence-electron chi connectivity index (χ0n) is 15.3. The average molecular weight is 388 g/mol. The standard InChI is InChI=1S/C25H23S2/c1-2-8-14-23(13-7-1)27(24-15-9-4-10-16-24)25-19-17-22(18-20-25)26-21-11-5-3-6-12-21/h1,3,5-9,11-20H,2,4,10H2/q+1. The maximum Gasteiger partial charge on any atom is 0.166 e. The van der Waals surface area contributed by atoms with Gasteiger partial charge in [0.2, 0.25) is 0 Å². The maximum atomic E-state index is 2.42. The molecule has 0 radical (unpaired) electrons. The lowest BCUT2D eigenvalue weighted by atomic mass is 10.2. The molecule has 1 atom stereocenters. The Labute approximate surface area is 169 Å². The molecule has 2 aliphatic rings. The van der Waals surface area contributed by atoms with Gasteiger partial charge in [-0.15, -0.1) is 0 Å². The van der Waals surface area contributed by atoms with E-state index in [1.807, 2.05) is 11.8 Å². The normalized spacial score (nSPS) is 17.2. The Morgan fingerprint density at radius 2 is 1.48 bits per heavy atom. The summed E-state index contributed by atoms with van der Waals surface area (Å²) in [6.45, 7) is 0. The molecule has 0 aromatic heterocycles. The molecule has 0 heterocycles. The minimum absolute atomic E-state index is 0.0385. The zero-order valence-corrected chi connectivity index (χ0v) is 16.9. The second-order valence-electron chi connectivity index (χ2n) is 6.41. The first-order chi connectivity index (χ1) is 13.4. The van der Waals surface area contributed by atoms with Gasteiger partial charge in [-0.05, 0) is 80.0 Å². The third-order valence-electron chi connectivity index (χ3n) is 4.42. The number of allylic oxidation sites excluding steroid dienone is 8. The second kappa shape index (κ2) is 9.16. The van der Waals surface area contributed by atoms with Crippen LogP contribution in [0.1, 0.15) is 19.3 Å². The van der Waals surface area contributed by atoms with E-state index in [0.29, 0.717) is 0 Å². The fourth-order valence-electron chi connectivity index (χ4n) is 3.11. The molecule has 0 spiro atoms. The Morgan fingerprint density at radius 1 is 0.704 bits per heavy atom. The minimum atomic E-state index is -0.0385. The molecule has 0 fully saturated rings. The molecule has 0 amide bonds. The van der Waals surface area contributed by atoms with E-state index in [-0.39, 0.29) is 10.9 Å². The lowest BCUT2D eigenvalue weighted by molar-refractivity contribution is 1.03. The van der Waals surface area contributed by atoms with Crippen LogP contribution in [-0.2, 0) is 10.9 Å². The van der Waals surface area contributed by atoms with Gasteiger partial charge in [-0.3, -0.25) is 0 Å². The van der Waals surface area contributed by atoms with Crippen molar-refractivity contribution in [2.45, 2.75) is 33.9 Å². The van der Waals surface area contributed by atoms with E-state index < -0.39 is 0 Å². The molecule has 0 N–H and O–H groups in total. The van der Waals surface area contributed by atoms with Crippen LogP contribution in [0.3, 0.4) is 0 Å². The quantitative estimate of drug-likeness (QED) is 0.480. The summed E-state index contributed by atoms with van der Waals surface area (Å²) in [5.41, 5.74) is 0. The topological polar surface area (TPSA) is 0 Å². The predicted octanol–water partition coefficient (Wildman–Crippen LogP) is 7.45. The van der Waals surface area contributed by atoms with Crippen LogP contribution >= 0.6 is 11.8 Å². The molecule has 134 valence electrons. The Morgan fingerprint density at radius 3 is 2.26 bits per heavy atom. The summed E-state index contributed by atoms with van der Waals surface area (Å²) >= 11 is 1.82. The SMILES string of the molecule is C1=CCC=CC([S+](C2=CCCC=C2)c2ccc(Sc3ccccc3)cc2)=C1. The van der Waals surface area contributed by atoms with E-state index in [0.717, 1.165) is 19.3 Å². The molecule has 0 nitrogen and oxygen atoms in total. The van der Waals surface area contributed by atoms with Gasteiger partial charge in [0.05, 0.1) is 10.9 Å². The van der Waals surface area contributed by atoms with Crippen LogP contribution in [0.5, 0.6) is 0 Å². The van der Waals surface area contributed by atoms with Crippen molar-refractivity contribution in [1.29, 1.82) is 0 Å². The molecule has 2 aliphatic carbocycles. The first-order valence-electron chi connectivity index (χ1n) is 9.37. The third-order valence-corrected chi connectivity index (χ3v) is 7.70. The summed E-state index contributed by atoms with van der Waals surface area (Å²) < 4.78 is 0. The van der Waals surface area contributed by atoms with Crippen LogP contribution in [0.2, 0.25) is 0 Å². The van der Waals surface area contributed by atoms with E-state index in [1.165, 1.54) is 24.5 Å². The number of hydrogen-bond donors (Lipinski definition) is 0. The summed E-state index contributed by atoms with van der Waals surface area (Å²) in [6, 6.07) is 19.7. The zero-order chi connectivity index (χ0) is 18.3. The largest absolute Gasteiger partial charge is 0.166 e. The summed E-state index contributed by atoms with van der Waals surface area (Å²) in [4.78, 5) is 6.78. The van der Waals surface area contributed by atoms with Crippen molar-refractivity contribution in [1.82, 2.24) is 0 Å². The minimum Gasteiger partial charge on any atom is -0.0901 e. The molecule has 2 aromatic carbocycles. The van der Waals surface area contributed by atoms with Gasteiger partial charge in [0.25, 0.3) is 0 Å². The van der Waals surface area contributed by atoms with E-state index >= 15 is 0 Å². The van der Waals surface area contributed by atoms with Gasteiger partial charge in [-0.2, -0.15) is 0 Å². The average Bonchev–Trinajstić information content (AvgIpc) is 3.01. The third kappa shape index (κ3) is 4.77. The Hall–Kier alpha value is -2.16. The van der Waals surface area contributed by atoms with Crippen molar-refractivity contribution in [2.75, 3.05) is 0 Å². The molecule has 0 saturated carbocycles. The number of benzene rings is 2. The summed E-state index contributed by atoms with van der Waals surface area (Å²) in [5.74, 6) is 0. The molecule has 2 heteroatoms. The summed E-state index contributed by atoms with van der Waals surface area (Å²) in [7, 11) is -0.0385. The van der Waals surface area contributed by atoms with Gasteiger partial charge in [0.15, 0.2) is 14.7 Å². The molecule has 0 saturated heterocycles. The van der Waals surface area contributed by atoms with Gasteiger partial charge < -0.3 is 0 Å². The molecule has 27 heavy (non-hydrogen) atoms. The fraction of sp³-hybridized carbons (Fsp3) is 0.120. The Kier molecular flexibility index (Phi) is 6.18. The van der Waals surface area contributed by atoms with E-state index in [1.54, 1.807) is 0 Å². The maximum absolute atomic E-state index is 2.42. The molecular weight excluding hydrogens is 364 g/mol. The van der Waals surface area contributed by atoms with Crippen LogP contribution in [0, 0.1) is 0 Å². The Bertz CT molecular complexity index is 913.